The minimum atomic E-state index is -3.77. The fraction of sp³-hybridized carbons (Fsp3) is 0.0909. The minimum absolute atomic E-state index is 0.292. The van der Waals surface area contributed by atoms with Crippen molar-refractivity contribution in [2.75, 3.05) is 6.26 Å². The normalized spacial score (nSPS) is 11.5. The van der Waals surface area contributed by atoms with E-state index < -0.39 is 26.5 Å². The first-order chi connectivity index (χ1) is 8.79. The lowest BCUT2D eigenvalue weighted by molar-refractivity contribution is 0.547. The first-order valence-corrected chi connectivity index (χ1v) is 7.73. The summed E-state index contributed by atoms with van der Waals surface area (Å²) in [6.45, 7) is 0. The van der Waals surface area contributed by atoms with E-state index >= 15 is 0 Å². The molecule has 2 aromatic rings. The zero-order valence-electron chi connectivity index (χ0n) is 9.65. The number of sulfone groups is 1. The van der Waals surface area contributed by atoms with Gasteiger partial charge in [-0.15, -0.1) is 0 Å². The molecular formula is C11H8BrFN2O3S. The second-order valence-corrected chi connectivity index (χ2v) is 6.66. The summed E-state index contributed by atoms with van der Waals surface area (Å²) in [5, 5.41) is -0.684. The highest BCUT2D eigenvalue weighted by atomic mass is 79.9. The number of aromatic amines is 1. The van der Waals surface area contributed by atoms with Crippen molar-refractivity contribution in [3.63, 3.8) is 0 Å². The van der Waals surface area contributed by atoms with E-state index in [0.29, 0.717) is 5.56 Å². The summed E-state index contributed by atoms with van der Waals surface area (Å²) in [5.41, 5.74) is -0.815. The van der Waals surface area contributed by atoms with E-state index in [1.807, 2.05) is 0 Å². The third kappa shape index (κ3) is 2.90. The predicted octanol–water partition coefficient (Wildman–Crippen LogP) is 1.74. The predicted molar refractivity (Wildman–Crippen MR) is 71.1 cm³/mol. The van der Waals surface area contributed by atoms with Gasteiger partial charge in [-0.05, 0) is 17.7 Å². The number of hydrogen-bond acceptors (Lipinski definition) is 4. The topological polar surface area (TPSA) is 79.9 Å². The molecule has 2 rings (SSSR count). The second kappa shape index (κ2) is 4.86. The van der Waals surface area contributed by atoms with Crippen molar-refractivity contribution in [2.24, 2.45) is 0 Å². The Hall–Kier alpha value is -1.54. The lowest BCUT2D eigenvalue weighted by Gasteiger charge is -2.04. The smallest absolute Gasteiger partial charge is 0.262 e. The zero-order chi connectivity index (χ0) is 14.2. The maximum absolute atomic E-state index is 13.8. The van der Waals surface area contributed by atoms with Gasteiger partial charge in [-0.2, -0.15) is 9.37 Å². The summed E-state index contributed by atoms with van der Waals surface area (Å²) in [6, 6.07) is 6.33. The van der Waals surface area contributed by atoms with Crippen LogP contribution in [0.25, 0.3) is 11.1 Å². The Bertz CT molecular complexity index is 785. The third-order valence-electron chi connectivity index (χ3n) is 2.34. The third-order valence-corrected chi connectivity index (χ3v) is 3.76. The van der Waals surface area contributed by atoms with Gasteiger partial charge < -0.3 is 0 Å². The Morgan fingerprint density at radius 2 is 1.84 bits per heavy atom. The average Bonchev–Trinajstić information content (AvgIpc) is 2.29. The average molecular weight is 347 g/mol. The fourth-order valence-corrected chi connectivity index (χ4v) is 2.26. The largest absolute Gasteiger partial charge is 0.297 e. The van der Waals surface area contributed by atoms with Crippen LogP contribution in [0.15, 0.2) is 38.7 Å². The van der Waals surface area contributed by atoms with Gasteiger partial charge in [0.15, 0.2) is 0 Å². The van der Waals surface area contributed by atoms with E-state index in [1.165, 1.54) is 12.1 Å². The lowest BCUT2D eigenvalue weighted by atomic mass is 10.1. The van der Waals surface area contributed by atoms with Crippen LogP contribution in [0.1, 0.15) is 0 Å². The molecule has 1 aromatic carbocycles. The SMILES string of the molecule is CS(=O)(=O)c1nc(F)c(-c2ccc(Br)cc2)c(=O)[nH]1. The molecule has 5 nitrogen and oxygen atoms in total. The van der Waals surface area contributed by atoms with Gasteiger partial charge in [-0.3, -0.25) is 9.78 Å². The molecule has 0 aliphatic heterocycles. The van der Waals surface area contributed by atoms with Crippen molar-refractivity contribution in [1.82, 2.24) is 9.97 Å². The van der Waals surface area contributed by atoms with Crippen LogP contribution in [0, 0.1) is 5.95 Å². The Balaban J connectivity index is 2.67. The number of halogens is 2. The Morgan fingerprint density at radius 1 is 1.26 bits per heavy atom. The quantitative estimate of drug-likeness (QED) is 0.663. The van der Waals surface area contributed by atoms with Gasteiger partial charge in [-0.1, -0.05) is 28.1 Å². The number of benzene rings is 1. The van der Waals surface area contributed by atoms with Gasteiger partial charge >= 0.3 is 0 Å². The van der Waals surface area contributed by atoms with Crippen LogP contribution >= 0.6 is 15.9 Å². The molecule has 1 aromatic heterocycles. The summed E-state index contributed by atoms with van der Waals surface area (Å²) in [6.07, 6.45) is 0.837. The minimum Gasteiger partial charge on any atom is -0.297 e. The maximum atomic E-state index is 13.8. The molecule has 0 bridgehead atoms. The van der Waals surface area contributed by atoms with Gasteiger partial charge in [0.25, 0.3) is 5.56 Å². The van der Waals surface area contributed by atoms with Crippen LogP contribution in [0.3, 0.4) is 0 Å². The van der Waals surface area contributed by atoms with Crippen LogP contribution < -0.4 is 5.56 Å². The van der Waals surface area contributed by atoms with Crippen LogP contribution in [-0.4, -0.2) is 24.6 Å². The van der Waals surface area contributed by atoms with Crippen molar-refractivity contribution in [1.29, 1.82) is 0 Å². The molecule has 0 saturated carbocycles. The van der Waals surface area contributed by atoms with Crippen LogP contribution in [-0.2, 0) is 9.84 Å². The van der Waals surface area contributed by atoms with Gasteiger partial charge in [0, 0.05) is 10.7 Å². The Kier molecular flexibility index (Phi) is 3.55. The van der Waals surface area contributed by atoms with Gasteiger partial charge in [0.1, 0.15) is 5.56 Å². The van der Waals surface area contributed by atoms with Gasteiger partial charge in [-0.25, -0.2) is 8.42 Å². The number of aromatic nitrogens is 2. The highest BCUT2D eigenvalue weighted by Gasteiger charge is 2.18. The first kappa shape index (κ1) is 13.9. The Morgan fingerprint density at radius 3 is 2.32 bits per heavy atom. The van der Waals surface area contributed by atoms with Crippen LogP contribution in [0.5, 0.6) is 0 Å². The van der Waals surface area contributed by atoms with Gasteiger partial charge in [0.05, 0.1) is 0 Å². The molecule has 1 heterocycles. The molecule has 0 radical (unpaired) electrons. The number of nitrogens with zero attached hydrogens (tertiary/aromatic N) is 1. The second-order valence-electron chi connectivity index (χ2n) is 3.82. The van der Waals surface area contributed by atoms with E-state index in [4.69, 9.17) is 0 Å². The van der Waals surface area contributed by atoms with E-state index in [0.717, 1.165) is 10.7 Å². The lowest BCUT2D eigenvalue weighted by Crippen LogP contribution is -2.19. The molecule has 100 valence electrons. The fourth-order valence-electron chi connectivity index (χ4n) is 1.47. The molecule has 0 spiro atoms. The maximum Gasteiger partial charge on any atom is 0.262 e. The summed E-state index contributed by atoms with van der Waals surface area (Å²) >= 11 is 3.22. The number of hydrogen-bond donors (Lipinski definition) is 1. The summed E-state index contributed by atoms with van der Waals surface area (Å²) in [7, 11) is -3.77. The first-order valence-electron chi connectivity index (χ1n) is 5.05. The van der Waals surface area contributed by atoms with E-state index in [-0.39, 0.29) is 5.56 Å². The van der Waals surface area contributed by atoms with Crippen molar-refractivity contribution < 1.29 is 12.8 Å². The molecular weight excluding hydrogens is 339 g/mol. The molecule has 0 unspecified atom stereocenters. The van der Waals surface area contributed by atoms with E-state index in [2.05, 4.69) is 25.9 Å². The van der Waals surface area contributed by atoms with E-state index in [9.17, 15) is 17.6 Å². The summed E-state index contributed by atoms with van der Waals surface area (Å²) in [5.74, 6) is -1.12. The molecule has 0 atom stereocenters. The standard InChI is InChI=1S/C11H8BrFN2O3S/c1-19(17,18)11-14-9(13)8(10(16)15-11)6-2-4-7(12)5-3-6/h2-5H,1H3,(H,14,15,16). The molecule has 0 aliphatic rings. The van der Waals surface area contributed by atoms with E-state index in [1.54, 1.807) is 12.1 Å². The molecule has 0 aliphatic carbocycles. The summed E-state index contributed by atoms with van der Waals surface area (Å²) < 4.78 is 37.0. The van der Waals surface area contributed by atoms with Gasteiger partial charge in [0.2, 0.25) is 20.9 Å². The highest BCUT2D eigenvalue weighted by Crippen LogP contribution is 2.20. The molecule has 8 heteroatoms. The van der Waals surface area contributed by atoms with Crippen molar-refractivity contribution in [3.05, 3.63) is 45.0 Å². The number of nitrogens with one attached hydrogen (secondary N) is 1. The van der Waals surface area contributed by atoms with Crippen LogP contribution in [0.4, 0.5) is 4.39 Å². The highest BCUT2D eigenvalue weighted by molar-refractivity contribution is 9.10. The van der Waals surface area contributed by atoms with Crippen molar-refractivity contribution >= 4 is 25.8 Å². The Labute approximate surface area is 116 Å². The van der Waals surface area contributed by atoms with Crippen molar-refractivity contribution in [3.8, 4) is 11.1 Å². The summed E-state index contributed by atoms with van der Waals surface area (Å²) in [4.78, 5) is 17.1. The molecule has 0 saturated heterocycles. The monoisotopic (exact) mass is 346 g/mol. The molecule has 1 N–H and O–H groups in total. The number of H-pyrrole nitrogens is 1. The van der Waals surface area contributed by atoms with Crippen molar-refractivity contribution in [2.45, 2.75) is 5.16 Å². The van der Waals surface area contributed by atoms with Crippen LogP contribution in [0.2, 0.25) is 0 Å². The molecule has 0 fully saturated rings. The zero-order valence-corrected chi connectivity index (χ0v) is 12.0. The number of rotatable bonds is 2. The molecule has 0 amide bonds. The molecule has 19 heavy (non-hydrogen) atoms.